The molecule has 0 fully saturated rings. The van der Waals surface area contributed by atoms with Crippen molar-refractivity contribution in [2.75, 3.05) is 20.3 Å². The van der Waals surface area contributed by atoms with Crippen LogP contribution < -0.4 is 14.8 Å². The van der Waals surface area contributed by atoms with E-state index in [4.69, 9.17) is 21.1 Å². The standard InChI is InChI=1S/C24H30ClN3O6/c1-5-20(24(30)26-13-16(2)3)27(14-17-6-8-18(25)9-7-17)23(29)15-34-19-10-11-21(28(31)32)22(12-19)33-4/h6-12,16,20H,5,13-15H2,1-4H3,(H,26,30)/t20-/m1/s1. The van der Waals surface area contributed by atoms with Gasteiger partial charge in [0.1, 0.15) is 11.8 Å². The molecule has 0 spiro atoms. The second-order valence-electron chi connectivity index (χ2n) is 8.09. The van der Waals surface area contributed by atoms with Crippen LogP contribution in [0.2, 0.25) is 5.02 Å². The lowest BCUT2D eigenvalue weighted by atomic mass is 10.1. The van der Waals surface area contributed by atoms with Crippen molar-refractivity contribution in [1.29, 1.82) is 0 Å². The number of rotatable bonds is 12. The highest BCUT2D eigenvalue weighted by atomic mass is 35.5. The van der Waals surface area contributed by atoms with Crippen molar-refractivity contribution in [1.82, 2.24) is 10.2 Å². The molecular formula is C24H30ClN3O6. The van der Waals surface area contributed by atoms with E-state index in [0.29, 0.717) is 18.0 Å². The van der Waals surface area contributed by atoms with Crippen molar-refractivity contribution >= 4 is 29.1 Å². The predicted octanol–water partition coefficient (Wildman–Crippen LogP) is 4.22. The van der Waals surface area contributed by atoms with Crippen LogP contribution in [0.4, 0.5) is 5.69 Å². The number of nitro groups is 1. The second-order valence-corrected chi connectivity index (χ2v) is 8.53. The Morgan fingerprint density at radius 2 is 1.85 bits per heavy atom. The number of ether oxygens (including phenoxy) is 2. The summed E-state index contributed by atoms with van der Waals surface area (Å²) in [7, 11) is 1.31. The highest BCUT2D eigenvalue weighted by molar-refractivity contribution is 6.30. The molecule has 0 saturated heterocycles. The van der Waals surface area contributed by atoms with E-state index in [9.17, 15) is 19.7 Å². The Bertz CT molecular complexity index is 997. The van der Waals surface area contributed by atoms with Crippen LogP contribution in [0.5, 0.6) is 11.5 Å². The van der Waals surface area contributed by atoms with E-state index in [1.54, 1.807) is 24.3 Å². The fourth-order valence-corrected chi connectivity index (χ4v) is 3.38. The Morgan fingerprint density at radius 3 is 2.41 bits per heavy atom. The van der Waals surface area contributed by atoms with Gasteiger partial charge in [0.25, 0.3) is 5.91 Å². The third kappa shape index (κ3) is 7.62. The molecule has 0 unspecified atom stereocenters. The van der Waals surface area contributed by atoms with Crippen LogP contribution in [-0.4, -0.2) is 47.9 Å². The number of halogens is 1. The van der Waals surface area contributed by atoms with Gasteiger partial charge in [0.15, 0.2) is 6.61 Å². The van der Waals surface area contributed by atoms with Crippen molar-refractivity contribution < 1.29 is 24.0 Å². The lowest BCUT2D eigenvalue weighted by Crippen LogP contribution is -2.50. The molecule has 0 bridgehead atoms. The molecule has 0 saturated carbocycles. The maximum atomic E-state index is 13.2. The molecule has 0 aliphatic rings. The highest BCUT2D eigenvalue weighted by Gasteiger charge is 2.29. The lowest BCUT2D eigenvalue weighted by molar-refractivity contribution is -0.385. The number of carbonyl (C=O) groups excluding carboxylic acids is 2. The molecule has 1 N–H and O–H groups in total. The van der Waals surface area contributed by atoms with Crippen LogP contribution in [0.25, 0.3) is 0 Å². The minimum Gasteiger partial charge on any atom is -0.490 e. The maximum absolute atomic E-state index is 13.2. The van der Waals surface area contributed by atoms with Crippen molar-refractivity contribution in [2.45, 2.75) is 39.8 Å². The molecule has 0 aliphatic heterocycles. The minimum atomic E-state index is -0.697. The SMILES string of the molecule is CC[C@H](C(=O)NCC(C)C)N(Cc1ccc(Cl)cc1)C(=O)COc1ccc([N+](=O)[O-])c(OC)c1. The lowest BCUT2D eigenvalue weighted by Gasteiger charge is -2.30. The number of nitrogens with one attached hydrogen (secondary N) is 1. The summed E-state index contributed by atoms with van der Waals surface area (Å²) >= 11 is 5.98. The first kappa shape index (κ1) is 26.9. The number of hydrogen-bond acceptors (Lipinski definition) is 6. The summed E-state index contributed by atoms with van der Waals surface area (Å²) in [5.74, 6) is -0.122. The van der Waals surface area contributed by atoms with Gasteiger partial charge in [-0.1, -0.05) is 44.5 Å². The van der Waals surface area contributed by atoms with E-state index in [2.05, 4.69) is 5.32 Å². The van der Waals surface area contributed by atoms with Gasteiger partial charge in [0.05, 0.1) is 12.0 Å². The maximum Gasteiger partial charge on any atom is 0.311 e. The number of hydrogen-bond donors (Lipinski definition) is 1. The van der Waals surface area contributed by atoms with Gasteiger partial charge in [0, 0.05) is 30.2 Å². The van der Waals surface area contributed by atoms with Crippen LogP contribution in [0.15, 0.2) is 42.5 Å². The van der Waals surface area contributed by atoms with E-state index >= 15 is 0 Å². The highest BCUT2D eigenvalue weighted by Crippen LogP contribution is 2.30. The van der Waals surface area contributed by atoms with Crippen LogP contribution in [0.3, 0.4) is 0 Å². The van der Waals surface area contributed by atoms with Crippen LogP contribution in [0.1, 0.15) is 32.8 Å². The Hall–Kier alpha value is -3.33. The first-order chi connectivity index (χ1) is 16.2. The summed E-state index contributed by atoms with van der Waals surface area (Å²) in [5.41, 5.74) is 0.600. The van der Waals surface area contributed by atoms with E-state index in [-0.39, 0.29) is 42.2 Å². The number of benzene rings is 2. The van der Waals surface area contributed by atoms with Crippen molar-refractivity contribution in [3.63, 3.8) is 0 Å². The Labute approximate surface area is 204 Å². The molecule has 0 aliphatic carbocycles. The van der Waals surface area contributed by atoms with Gasteiger partial charge in [-0.15, -0.1) is 0 Å². The fraction of sp³-hybridized carbons (Fsp3) is 0.417. The number of amides is 2. The summed E-state index contributed by atoms with van der Waals surface area (Å²) in [4.78, 5) is 38.1. The number of nitro benzene ring substituents is 1. The summed E-state index contributed by atoms with van der Waals surface area (Å²) < 4.78 is 10.7. The Balaban J connectivity index is 2.22. The molecule has 9 nitrogen and oxygen atoms in total. The predicted molar refractivity (Wildman–Crippen MR) is 129 cm³/mol. The zero-order valence-corrected chi connectivity index (χ0v) is 20.5. The van der Waals surface area contributed by atoms with Gasteiger partial charge in [-0.2, -0.15) is 0 Å². The molecule has 2 aromatic rings. The fourth-order valence-electron chi connectivity index (χ4n) is 3.26. The first-order valence-electron chi connectivity index (χ1n) is 10.9. The molecule has 10 heteroatoms. The van der Waals surface area contributed by atoms with E-state index < -0.39 is 16.9 Å². The average Bonchev–Trinajstić information content (AvgIpc) is 2.81. The first-order valence-corrected chi connectivity index (χ1v) is 11.3. The third-order valence-electron chi connectivity index (χ3n) is 5.05. The summed E-state index contributed by atoms with van der Waals surface area (Å²) in [6.07, 6.45) is 0.411. The van der Waals surface area contributed by atoms with Crippen LogP contribution in [0, 0.1) is 16.0 Å². The zero-order chi connectivity index (χ0) is 25.3. The van der Waals surface area contributed by atoms with Crippen LogP contribution in [-0.2, 0) is 16.1 Å². The summed E-state index contributed by atoms with van der Waals surface area (Å²) in [6, 6.07) is 10.3. The van der Waals surface area contributed by atoms with E-state index in [1.165, 1.54) is 30.2 Å². The number of carbonyl (C=O) groups is 2. The monoisotopic (exact) mass is 491 g/mol. The van der Waals surface area contributed by atoms with Gasteiger partial charge in [0.2, 0.25) is 11.7 Å². The normalized spacial score (nSPS) is 11.6. The third-order valence-corrected chi connectivity index (χ3v) is 5.30. The molecule has 1 atom stereocenters. The van der Waals surface area contributed by atoms with E-state index in [1.807, 2.05) is 20.8 Å². The smallest absolute Gasteiger partial charge is 0.311 e. The van der Waals surface area contributed by atoms with Gasteiger partial charge in [-0.25, -0.2) is 0 Å². The molecule has 184 valence electrons. The van der Waals surface area contributed by atoms with Gasteiger partial charge >= 0.3 is 5.69 Å². The molecular weight excluding hydrogens is 462 g/mol. The van der Waals surface area contributed by atoms with Gasteiger partial charge < -0.3 is 19.7 Å². The Kier molecular flexibility index (Phi) is 10.1. The molecule has 0 heterocycles. The molecule has 0 radical (unpaired) electrons. The van der Waals surface area contributed by atoms with Crippen molar-refractivity contribution in [2.24, 2.45) is 5.92 Å². The van der Waals surface area contributed by atoms with Gasteiger partial charge in [-0.3, -0.25) is 19.7 Å². The van der Waals surface area contributed by atoms with Crippen molar-refractivity contribution in [3.8, 4) is 11.5 Å². The summed E-state index contributed by atoms with van der Waals surface area (Å²) in [6.45, 7) is 6.15. The average molecular weight is 492 g/mol. The number of nitrogens with zero attached hydrogens (tertiary/aromatic N) is 2. The zero-order valence-electron chi connectivity index (χ0n) is 19.7. The molecule has 34 heavy (non-hydrogen) atoms. The Morgan fingerprint density at radius 1 is 1.18 bits per heavy atom. The quantitative estimate of drug-likeness (QED) is 0.351. The number of methoxy groups -OCH3 is 1. The minimum absolute atomic E-state index is 0.0208. The van der Waals surface area contributed by atoms with Crippen LogP contribution >= 0.6 is 11.6 Å². The second kappa shape index (κ2) is 12.8. The molecule has 2 amide bonds. The summed E-state index contributed by atoms with van der Waals surface area (Å²) in [5, 5.41) is 14.5. The molecule has 2 aromatic carbocycles. The topological polar surface area (TPSA) is 111 Å². The largest absolute Gasteiger partial charge is 0.490 e. The van der Waals surface area contributed by atoms with Crippen molar-refractivity contribution in [3.05, 3.63) is 63.2 Å². The molecule has 2 rings (SSSR count). The molecule has 0 aromatic heterocycles. The van der Waals surface area contributed by atoms with Gasteiger partial charge in [-0.05, 0) is 36.1 Å². The van der Waals surface area contributed by atoms with E-state index in [0.717, 1.165) is 5.56 Å².